The standard InChI is InChI=1S/C9H12NO3/c1-6(2)5-13-9(12)8-3-7(11)4-10-8/h3-4,6,10H,5H2,1-2H3. The van der Waals surface area contributed by atoms with Crippen LogP contribution >= 0.6 is 0 Å². The zero-order chi connectivity index (χ0) is 9.84. The molecule has 4 nitrogen and oxygen atoms in total. The van der Waals surface area contributed by atoms with Gasteiger partial charge in [-0.25, -0.2) is 4.79 Å². The fraction of sp³-hybridized carbons (Fsp3) is 0.444. The Bertz CT molecular complexity index is 291. The highest BCUT2D eigenvalue weighted by molar-refractivity contribution is 5.87. The quantitative estimate of drug-likeness (QED) is 0.726. The van der Waals surface area contributed by atoms with Gasteiger partial charge in [-0.3, -0.25) is 5.11 Å². The normalized spacial score (nSPS) is 10.4. The second kappa shape index (κ2) is 3.98. The van der Waals surface area contributed by atoms with Gasteiger partial charge in [-0.2, -0.15) is 0 Å². The van der Waals surface area contributed by atoms with Gasteiger partial charge in [-0.15, -0.1) is 0 Å². The van der Waals surface area contributed by atoms with Crippen molar-refractivity contribution in [1.29, 1.82) is 0 Å². The van der Waals surface area contributed by atoms with Crippen LogP contribution in [-0.2, 0) is 9.84 Å². The molecular weight excluding hydrogens is 170 g/mol. The lowest BCUT2D eigenvalue weighted by Crippen LogP contribution is -2.10. The minimum atomic E-state index is -0.476. The average molecular weight is 182 g/mol. The summed E-state index contributed by atoms with van der Waals surface area (Å²) in [6.07, 6.45) is 1.23. The summed E-state index contributed by atoms with van der Waals surface area (Å²) >= 11 is 0. The molecule has 1 aromatic rings. The number of esters is 1. The zero-order valence-corrected chi connectivity index (χ0v) is 7.66. The zero-order valence-electron chi connectivity index (χ0n) is 7.66. The summed E-state index contributed by atoms with van der Waals surface area (Å²) in [4.78, 5) is 13.7. The van der Waals surface area contributed by atoms with Crippen molar-refractivity contribution in [1.82, 2.24) is 4.98 Å². The highest BCUT2D eigenvalue weighted by Crippen LogP contribution is 2.11. The molecule has 13 heavy (non-hydrogen) atoms. The molecule has 0 aliphatic heterocycles. The topological polar surface area (TPSA) is 62.0 Å². The molecule has 0 bridgehead atoms. The molecule has 0 aliphatic rings. The predicted octanol–water partition coefficient (Wildman–Crippen LogP) is 1.97. The lowest BCUT2D eigenvalue weighted by molar-refractivity contribution is 0.0452. The van der Waals surface area contributed by atoms with Gasteiger partial charge < -0.3 is 9.72 Å². The molecule has 1 aromatic heterocycles. The van der Waals surface area contributed by atoms with Crippen molar-refractivity contribution in [3.05, 3.63) is 18.0 Å². The van der Waals surface area contributed by atoms with E-state index in [1.165, 1.54) is 12.3 Å². The number of aromatic amines is 1. The molecule has 4 heteroatoms. The van der Waals surface area contributed by atoms with E-state index in [9.17, 15) is 9.90 Å². The fourth-order valence-electron chi connectivity index (χ4n) is 0.812. The number of aromatic nitrogens is 1. The van der Waals surface area contributed by atoms with Crippen molar-refractivity contribution in [2.75, 3.05) is 6.61 Å². The van der Waals surface area contributed by atoms with E-state index in [1.807, 2.05) is 13.8 Å². The third-order valence-electron chi connectivity index (χ3n) is 1.42. The highest BCUT2D eigenvalue weighted by atomic mass is 16.5. The Morgan fingerprint density at radius 1 is 1.62 bits per heavy atom. The predicted molar refractivity (Wildman–Crippen MR) is 46.0 cm³/mol. The molecule has 71 valence electrons. The third-order valence-corrected chi connectivity index (χ3v) is 1.42. The SMILES string of the molecule is CC(C)COC(=O)c1cc([O])c[nH]1. The van der Waals surface area contributed by atoms with Crippen LogP contribution in [0.4, 0.5) is 0 Å². The molecule has 0 aromatic carbocycles. The molecule has 0 unspecified atom stereocenters. The van der Waals surface area contributed by atoms with E-state index >= 15 is 0 Å². The van der Waals surface area contributed by atoms with Crippen molar-refractivity contribution < 1.29 is 14.6 Å². The van der Waals surface area contributed by atoms with Gasteiger partial charge in [-0.05, 0) is 5.92 Å². The molecular formula is C9H12NO3. The van der Waals surface area contributed by atoms with Crippen molar-refractivity contribution in [3.63, 3.8) is 0 Å². The van der Waals surface area contributed by atoms with Crippen LogP contribution in [0.2, 0.25) is 0 Å². The smallest absolute Gasteiger partial charge is 0.354 e. The number of hydrogen-bond donors (Lipinski definition) is 1. The Morgan fingerprint density at radius 2 is 2.31 bits per heavy atom. The van der Waals surface area contributed by atoms with Gasteiger partial charge in [0.1, 0.15) is 5.69 Å². The summed E-state index contributed by atoms with van der Waals surface area (Å²) in [5, 5.41) is 10.7. The van der Waals surface area contributed by atoms with Crippen LogP contribution in [0.5, 0.6) is 5.75 Å². The van der Waals surface area contributed by atoms with Crippen molar-refractivity contribution in [2.45, 2.75) is 13.8 Å². The summed E-state index contributed by atoms with van der Waals surface area (Å²) in [5.74, 6) is -0.391. The lowest BCUT2D eigenvalue weighted by Gasteiger charge is -2.04. The molecule has 0 saturated heterocycles. The number of nitrogens with one attached hydrogen (secondary N) is 1. The maximum atomic E-state index is 11.2. The van der Waals surface area contributed by atoms with Crippen molar-refractivity contribution >= 4 is 5.97 Å². The minimum Gasteiger partial charge on any atom is -0.461 e. The summed E-state index contributed by atoms with van der Waals surface area (Å²) in [6.45, 7) is 4.26. The van der Waals surface area contributed by atoms with Crippen LogP contribution in [0, 0.1) is 5.92 Å². The van der Waals surface area contributed by atoms with Gasteiger partial charge in [0, 0.05) is 12.3 Å². The second-order valence-corrected chi connectivity index (χ2v) is 3.24. The molecule has 1 N–H and O–H groups in total. The number of H-pyrrole nitrogens is 1. The first kappa shape index (κ1) is 9.64. The van der Waals surface area contributed by atoms with Gasteiger partial charge in [0.15, 0.2) is 5.75 Å². The van der Waals surface area contributed by atoms with Crippen LogP contribution in [0.3, 0.4) is 0 Å². The van der Waals surface area contributed by atoms with Crippen LogP contribution < -0.4 is 0 Å². The van der Waals surface area contributed by atoms with Gasteiger partial charge in [0.2, 0.25) is 0 Å². The lowest BCUT2D eigenvalue weighted by atomic mass is 10.2. The largest absolute Gasteiger partial charge is 0.461 e. The molecule has 1 heterocycles. The average Bonchev–Trinajstić information content (AvgIpc) is 2.47. The minimum absolute atomic E-state index is 0.212. The Morgan fingerprint density at radius 3 is 2.77 bits per heavy atom. The molecule has 1 rings (SSSR count). The molecule has 0 amide bonds. The second-order valence-electron chi connectivity index (χ2n) is 3.24. The van der Waals surface area contributed by atoms with Gasteiger partial charge in [0.05, 0.1) is 6.61 Å². The van der Waals surface area contributed by atoms with Crippen molar-refractivity contribution in [3.8, 4) is 5.75 Å². The first-order chi connectivity index (χ1) is 6.09. The first-order valence-electron chi connectivity index (χ1n) is 4.12. The number of rotatable bonds is 3. The number of carbonyl (C=O) groups is 1. The van der Waals surface area contributed by atoms with Crippen LogP contribution in [-0.4, -0.2) is 17.6 Å². The van der Waals surface area contributed by atoms with E-state index in [-0.39, 0.29) is 11.4 Å². The van der Waals surface area contributed by atoms with E-state index in [4.69, 9.17) is 4.74 Å². The number of ether oxygens (including phenoxy) is 1. The maximum absolute atomic E-state index is 11.2. The molecule has 1 radical (unpaired) electrons. The van der Waals surface area contributed by atoms with E-state index in [0.29, 0.717) is 12.5 Å². The Kier molecular flexibility index (Phi) is 2.95. The summed E-state index contributed by atoms with van der Waals surface area (Å²) < 4.78 is 4.89. The fourth-order valence-corrected chi connectivity index (χ4v) is 0.812. The molecule has 0 saturated carbocycles. The van der Waals surface area contributed by atoms with Gasteiger partial charge >= 0.3 is 5.97 Å². The monoisotopic (exact) mass is 182 g/mol. The van der Waals surface area contributed by atoms with E-state index in [1.54, 1.807) is 0 Å². The Hall–Kier alpha value is -1.45. The highest BCUT2D eigenvalue weighted by Gasteiger charge is 2.10. The van der Waals surface area contributed by atoms with E-state index < -0.39 is 5.97 Å². The molecule has 0 spiro atoms. The van der Waals surface area contributed by atoms with Crippen LogP contribution in [0.1, 0.15) is 24.3 Å². The number of carbonyl (C=O) groups excluding carboxylic acids is 1. The van der Waals surface area contributed by atoms with E-state index in [0.717, 1.165) is 0 Å². The van der Waals surface area contributed by atoms with E-state index in [2.05, 4.69) is 4.98 Å². The third kappa shape index (κ3) is 2.82. The summed E-state index contributed by atoms with van der Waals surface area (Å²) in [5.41, 5.74) is 0.214. The van der Waals surface area contributed by atoms with Gasteiger partial charge in [-0.1, -0.05) is 13.8 Å². The molecule has 0 aliphatic carbocycles. The Balaban J connectivity index is 2.49. The number of hydrogen-bond acceptors (Lipinski definition) is 2. The first-order valence-corrected chi connectivity index (χ1v) is 4.12. The molecule has 0 fully saturated rings. The van der Waals surface area contributed by atoms with Crippen molar-refractivity contribution in [2.24, 2.45) is 5.92 Å². The van der Waals surface area contributed by atoms with Crippen LogP contribution in [0.25, 0.3) is 0 Å². The van der Waals surface area contributed by atoms with Gasteiger partial charge in [0.25, 0.3) is 0 Å². The Labute approximate surface area is 76.5 Å². The van der Waals surface area contributed by atoms with Crippen LogP contribution in [0.15, 0.2) is 12.3 Å². The molecule has 0 atom stereocenters. The maximum Gasteiger partial charge on any atom is 0.354 e. The summed E-state index contributed by atoms with van der Waals surface area (Å²) in [7, 11) is 0. The summed E-state index contributed by atoms with van der Waals surface area (Å²) in [6, 6.07) is 1.22.